The van der Waals surface area contributed by atoms with Crippen molar-refractivity contribution < 1.29 is 14.7 Å². The van der Waals surface area contributed by atoms with Crippen molar-refractivity contribution in [2.75, 3.05) is 11.1 Å². The summed E-state index contributed by atoms with van der Waals surface area (Å²) in [7, 11) is 0. The highest BCUT2D eigenvalue weighted by molar-refractivity contribution is 8.00. The van der Waals surface area contributed by atoms with Gasteiger partial charge in [0.2, 0.25) is 5.91 Å². The SMILES string of the molecule is NC(=O)c1ccccc1NC(=O)CSc1cccc(O)c1. The number of para-hydroxylation sites is 1. The average molecular weight is 302 g/mol. The Hall–Kier alpha value is -2.47. The number of primary amides is 1. The number of amides is 2. The third-order valence-electron chi connectivity index (χ3n) is 2.65. The largest absolute Gasteiger partial charge is 0.508 e. The number of nitrogens with two attached hydrogens (primary N) is 1. The van der Waals surface area contributed by atoms with Gasteiger partial charge < -0.3 is 16.2 Å². The van der Waals surface area contributed by atoms with Crippen LogP contribution in [0.3, 0.4) is 0 Å². The summed E-state index contributed by atoms with van der Waals surface area (Å²) in [6.07, 6.45) is 0. The van der Waals surface area contributed by atoms with Crippen LogP contribution in [0.5, 0.6) is 5.75 Å². The van der Waals surface area contributed by atoms with E-state index >= 15 is 0 Å². The number of aromatic hydroxyl groups is 1. The molecule has 0 saturated heterocycles. The summed E-state index contributed by atoms with van der Waals surface area (Å²) >= 11 is 1.29. The molecular weight excluding hydrogens is 288 g/mol. The number of anilines is 1. The van der Waals surface area contributed by atoms with Crippen molar-refractivity contribution >= 4 is 29.3 Å². The maximum atomic E-state index is 11.9. The minimum Gasteiger partial charge on any atom is -0.508 e. The molecule has 2 amide bonds. The molecule has 2 aromatic rings. The fourth-order valence-corrected chi connectivity index (χ4v) is 2.46. The Bertz CT molecular complexity index is 673. The van der Waals surface area contributed by atoms with Crippen LogP contribution in [-0.2, 0) is 4.79 Å². The topological polar surface area (TPSA) is 92.4 Å². The normalized spacial score (nSPS) is 10.1. The highest BCUT2D eigenvalue weighted by Gasteiger charge is 2.10. The van der Waals surface area contributed by atoms with Gasteiger partial charge in [-0.1, -0.05) is 18.2 Å². The molecule has 5 nitrogen and oxygen atoms in total. The zero-order valence-corrected chi connectivity index (χ0v) is 11.9. The number of hydrogen-bond acceptors (Lipinski definition) is 4. The molecule has 0 aliphatic carbocycles. The van der Waals surface area contributed by atoms with Crippen molar-refractivity contribution in [1.82, 2.24) is 0 Å². The first-order valence-corrected chi connectivity index (χ1v) is 7.15. The van der Waals surface area contributed by atoms with Crippen LogP contribution in [-0.4, -0.2) is 22.7 Å². The highest BCUT2D eigenvalue weighted by Crippen LogP contribution is 2.22. The van der Waals surface area contributed by atoms with Gasteiger partial charge in [-0.15, -0.1) is 11.8 Å². The Balaban J connectivity index is 1.98. The lowest BCUT2D eigenvalue weighted by Crippen LogP contribution is -2.19. The average Bonchev–Trinajstić information content (AvgIpc) is 2.45. The Morgan fingerprint density at radius 1 is 1.14 bits per heavy atom. The van der Waals surface area contributed by atoms with Crippen molar-refractivity contribution in [3.63, 3.8) is 0 Å². The summed E-state index contributed by atoms with van der Waals surface area (Å²) in [5.41, 5.74) is 5.92. The number of benzene rings is 2. The molecule has 2 aromatic carbocycles. The van der Waals surface area contributed by atoms with Crippen LogP contribution >= 0.6 is 11.8 Å². The Labute approximate surface area is 126 Å². The van der Waals surface area contributed by atoms with Crippen LogP contribution in [0, 0.1) is 0 Å². The van der Waals surface area contributed by atoms with E-state index in [0.29, 0.717) is 5.69 Å². The maximum Gasteiger partial charge on any atom is 0.250 e. The van der Waals surface area contributed by atoms with Gasteiger partial charge in [0.1, 0.15) is 5.75 Å². The van der Waals surface area contributed by atoms with Gasteiger partial charge in [-0.3, -0.25) is 9.59 Å². The minimum absolute atomic E-state index is 0.152. The summed E-state index contributed by atoms with van der Waals surface area (Å²) in [5, 5.41) is 12.0. The van der Waals surface area contributed by atoms with Crippen molar-refractivity contribution in [3.05, 3.63) is 54.1 Å². The molecule has 0 aliphatic rings. The molecule has 0 aromatic heterocycles. The van der Waals surface area contributed by atoms with Crippen LogP contribution in [0.1, 0.15) is 10.4 Å². The number of phenols is 1. The summed E-state index contributed by atoms with van der Waals surface area (Å²) in [5.74, 6) is -0.528. The first kappa shape index (κ1) is 14.9. The Morgan fingerprint density at radius 2 is 1.90 bits per heavy atom. The highest BCUT2D eigenvalue weighted by atomic mass is 32.2. The van der Waals surface area contributed by atoms with Crippen molar-refractivity contribution in [1.29, 1.82) is 0 Å². The van der Waals surface area contributed by atoms with Gasteiger partial charge in [0, 0.05) is 4.90 Å². The molecule has 21 heavy (non-hydrogen) atoms. The molecule has 0 unspecified atom stereocenters. The van der Waals surface area contributed by atoms with Crippen LogP contribution in [0.25, 0.3) is 0 Å². The van der Waals surface area contributed by atoms with Crippen molar-refractivity contribution in [2.45, 2.75) is 4.90 Å². The summed E-state index contributed by atoms with van der Waals surface area (Å²) in [6.45, 7) is 0. The van der Waals surface area contributed by atoms with E-state index in [-0.39, 0.29) is 23.0 Å². The molecule has 0 saturated carbocycles. The van der Waals surface area contributed by atoms with E-state index in [2.05, 4.69) is 5.32 Å². The maximum absolute atomic E-state index is 11.9. The lowest BCUT2D eigenvalue weighted by Gasteiger charge is -2.08. The number of carbonyl (C=O) groups is 2. The fourth-order valence-electron chi connectivity index (χ4n) is 1.72. The van der Waals surface area contributed by atoms with Gasteiger partial charge in [-0.05, 0) is 30.3 Å². The first-order chi connectivity index (χ1) is 10.1. The van der Waals surface area contributed by atoms with E-state index in [9.17, 15) is 14.7 Å². The van der Waals surface area contributed by atoms with Gasteiger partial charge >= 0.3 is 0 Å². The first-order valence-electron chi connectivity index (χ1n) is 6.17. The second-order valence-corrected chi connectivity index (χ2v) is 5.29. The third-order valence-corrected chi connectivity index (χ3v) is 3.65. The number of thioether (sulfide) groups is 1. The molecule has 0 bridgehead atoms. The standard InChI is InChI=1S/C15H14N2O3S/c16-15(20)12-6-1-2-7-13(12)17-14(19)9-21-11-5-3-4-10(18)8-11/h1-8,18H,9H2,(H2,16,20)(H,17,19). The molecule has 0 radical (unpaired) electrons. The smallest absolute Gasteiger partial charge is 0.250 e. The van der Waals surface area contributed by atoms with Gasteiger partial charge in [0.25, 0.3) is 5.91 Å². The van der Waals surface area contributed by atoms with Crippen LogP contribution in [0.2, 0.25) is 0 Å². The number of hydrogen-bond donors (Lipinski definition) is 3. The minimum atomic E-state index is -0.591. The molecule has 0 fully saturated rings. The van der Waals surface area contributed by atoms with Gasteiger partial charge in [0.15, 0.2) is 0 Å². The fraction of sp³-hybridized carbons (Fsp3) is 0.0667. The molecule has 0 atom stereocenters. The van der Waals surface area contributed by atoms with E-state index in [1.54, 1.807) is 48.5 Å². The second-order valence-electron chi connectivity index (χ2n) is 4.24. The Morgan fingerprint density at radius 3 is 2.62 bits per heavy atom. The van der Waals surface area contributed by atoms with E-state index < -0.39 is 5.91 Å². The predicted molar refractivity (Wildman–Crippen MR) is 82.4 cm³/mol. The lowest BCUT2D eigenvalue weighted by molar-refractivity contribution is -0.113. The van der Waals surface area contributed by atoms with Crippen molar-refractivity contribution in [3.8, 4) is 5.75 Å². The second kappa shape index (κ2) is 6.81. The zero-order chi connectivity index (χ0) is 15.2. The van der Waals surface area contributed by atoms with Gasteiger partial charge in [-0.2, -0.15) is 0 Å². The molecular formula is C15H14N2O3S. The summed E-state index contributed by atoms with van der Waals surface area (Å²) in [4.78, 5) is 23.9. The summed E-state index contributed by atoms with van der Waals surface area (Å²) < 4.78 is 0. The number of nitrogens with one attached hydrogen (secondary N) is 1. The van der Waals surface area contributed by atoms with Crippen LogP contribution < -0.4 is 11.1 Å². The number of carbonyl (C=O) groups excluding carboxylic acids is 2. The van der Waals surface area contributed by atoms with Gasteiger partial charge in [0.05, 0.1) is 17.0 Å². The van der Waals surface area contributed by atoms with Crippen LogP contribution in [0.4, 0.5) is 5.69 Å². The van der Waals surface area contributed by atoms with Gasteiger partial charge in [-0.25, -0.2) is 0 Å². The van der Waals surface area contributed by atoms with Crippen molar-refractivity contribution in [2.24, 2.45) is 5.73 Å². The molecule has 0 spiro atoms. The predicted octanol–water partition coefficient (Wildman–Crippen LogP) is 2.22. The quantitative estimate of drug-likeness (QED) is 0.738. The molecule has 4 N–H and O–H groups in total. The molecule has 0 aliphatic heterocycles. The van der Waals surface area contributed by atoms with E-state index in [1.807, 2.05) is 0 Å². The van der Waals surface area contributed by atoms with E-state index in [0.717, 1.165) is 4.90 Å². The number of rotatable bonds is 5. The monoisotopic (exact) mass is 302 g/mol. The van der Waals surface area contributed by atoms with Crippen LogP contribution in [0.15, 0.2) is 53.4 Å². The third kappa shape index (κ3) is 4.25. The molecule has 2 rings (SSSR count). The Kier molecular flexibility index (Phi) is 4.84. The summed E-state index contributed by atoms with van der Waals surface area (Å²) in [6, 6.07) is 13.2. The van der Waals surface area contributed by atoms with E-state index in [4.69, 9.17) is 5.73 Å². The lowest BCUT2D eigenvalue weighted by atomic mass is 10.1. The van der Waals surface area contributed by atoms with E-state index in [1.165, 1.54) is 11.8 Å². The number of phenolic OH excluding ortho intramolecular Hbond substituents is 1. The molecule has 108 valence electrons. The zero-order valence-electron chi connectivity index (χ0n) is 11.1. The molecule has 0 heterocycles. The molecule has 6 heteroatoms.